The number of hydrogen-bond donors (Lipinski definition) is 9. The number of carboxylic acid groups (broad SMARTS) is 1. The van der Waals surface area contributed by atoms with Crippen LogP contribution >= 0.6 is 12.6 Å². The van der Waals surface area contributed by atoms with Gasteiger partial charge >= 0.3 is 5.97 Å². The molecule has 0 radical (unpaired) electrons. The molecular formula is C24H35N7O6S. The van der Waals surface area contributed by atoms with Gasteiger partial charge in [0.1, 0.15) is 23.9 Å². The minimum Gasteiger partial charge on any atom is -0.508 e. The maximum absolute atomic E-state index is 13.1. The number of unbranched alkanes of at least 4 members (excludes halogenated alkanes) is 1. The molecule has 2 aromatic rings. The highest BCUT2D eigenvalue weighted by Gasteiger charge is 2.30. The molecule has 0 bridgehead atoms. The van der Waals surface area contributed by atoms with Crippen LogP contribution in [0.15, 0.2) is 36.8 Å². The number of nitrogens with one attached hydrogen (secondary N) is 4. The second kappa shape index (κ2) is 15.6. The summed E-state index contributed by atoms with van der Waals surface area (Å²) in [5.41, 5.74) is 12.6. The average molecular weight is 550 g/mol. The molecule has 10 N–H and O–H groups in total. The summed E-state index contributed by atoms with van der Waals surface area (Å²) in [4.78, 5) is 57.2. The number of phenols is 1. The van der Waals surface area contributed by atoms with E-state index >= 15 is 0 Å². The Hall–Kier alpha value is -3.62. The van der Waals surface area contributed by atoms with Crippen molar-refractivity contribution < 1.29 is 29.4 Å². The summed E-state index contributed by atoms with van der Waals surface area (Å²) in [6.07, 6.45) is 4.68. The zero-order valence-electron chi connectivity index (χ0n) is 20.8. The molecule has 1 aromatic carbocycles. The fourth-order valence-electron chi connectivity index (χ4n) is 3.55. The van der Waals surface area contributed by atoms with Gasteiger partial charge in [0.05, 0.1) is 12.4 Å². The van der Waals surface area contributed by atoms with Crippen molar-refractivity contribution >= 4 is 36.3 Å². The Bertz CT molecular complexity index is 1050. The van der Waals surface area contributed by atoms with Gasteiger partial charge in [0, 0.05) is 30.5 Å². The fraction of sp³-hybridized carbons (Fsp3) is 0.458. The van der Waals surface area contributed by atoms with Gasteiger partial charge in [-0.25, -0.2) is 9.78 Å². The number of rotatable bonds is 16. The van der Waals surface area contributed by atoms with Crippen LogP contribution in [-0.2, 0) is 32.0 Å². The maximum atomic E-state index is 13.1. The number of aromatic amines is 1. The van der Waals surface area contributed by atoms with Crippen LogP contribution in [0.2, 0.25) is 0 Å². The van der Waals surface area contributed by atoms with Gasteiger partial charge in [-0.2, -0.15) is 12.6 Å². The third kappa shape index (κ3) is 10.0. The molecule has 3 amide bonds. The van der Waals surface area contributed by atoms with Gasteiger partial charge in [-0.3, -0.25) is 14.4 Å². The van der Waals surface area contributed by atoms with E-state index in [4.69, 9.17) is 11.5 Å². The van der Waals surface area contributed by atoms with Crippen LogP contribution < -0.4 is 27.4 Å². The van der Waals surface area contributed by atoms with E-state index in [-0.39, 0.29) is 24.3 Å². The Balaban J connectivity index is 2.07. The molecular weight excluding hydrogens is 514 g/mol. The Morgan fingerprint density at radius 3 is 2.16 bits per heavy atom. The number of H-pyrrole nitrogens is 1. The number of hydrogen-bond acceptors (Lipinski definition) is 9. The van der Waals surface area contributed by atoms with Crippen molar-refractivity contribution in [3.8, 4) is 5.75 Å². The number of aromatic hydroxyl groups is 1. The van der Waals surface area contributed by atoms with Gasteiger partial charge in [0.15, 0.2) is 0 Å². The van der Waals surface area contributed by atoms with Crippen molar-refractivity contribution in [2.24, 2.45) is 11.5 Å². The maximum Gasteiger partial charge on any atom is 0.326 e. The summed E-state index contributed by atoms with van der Waals surface area (Å²) in [7, 11) is 0. The summed E-state index contributed by atoms with van der Waals surface area (Å²) >= 11 is 4.14. The zero-order valence-corrected chi connectivity index (χ0v) is 21.7. The molecule has 0 fully saturated rings. The monoisotopic (exact) mass is 549 g/mol. The first-order valence-corrected chi connectivity index (χ1v) is 12.7. The largest absolute Gasteiger partial charge is 0.508 e. The number of carbonyl (C=O) groups excluding carboxylic acids is 3. The molecule has 14 heteroatoms. The highest BCUT2D eigenvalue weighted by molar-refractivity contribution is 7.80. The van der Waals surface area contributed by atoms with Crippen molar-refractivity contribution in [1.82, 2.24) is 25.9 Å². The molecule has 208 valence electrons. The molecule has 0 aliphatic carbocycles. The van der Waals surface area contributed by atoms with Crippen LogP contribution in [0.3, 0.4) is 0 Å². The Kier molecular flexibility index (Phi) is 12.6. The second-order valence-corrected chi connectivity index (χ2v) is 9.11. The van der Waals surface area contributed by atoms with Crippen molar-refractivity contribution in [2.75, 3.05) is 12.3 Å². The van der Waals surface area contributed by atoms with Crippen LogP contribution in [0.4, 0.5) is 0 Å². The summed E-state index contributed by atoms with van der Waals surface area (Å²) < 4.78 is 0. The Morgan fingerprint density at radius 1 is 0.947 bits per heavy atom. The summed E-state index contributed by atoms with van der Waals surface area (Å²) in [5, 5.41) is 26.6. The number of benzene rings is 1. The first-order valence-electron chi connectivity index (χ1n) is 12.1. The SMILES string of the molecule is NCCCCC(N)C(=O)NC(Cc1cnc[nH]1)C(=O)NC(CS)C(=O)NC(Cc1ccc(O)cc1)C(=O)O. The topological polar surface area (TPSA) is 226 Å². The van der Waals surface area contributed by atoms with Crippen LogP contribution in [0.25, 0.3) is 0 Å². The quantitative estimate of drug-likeness (QED) is 0.0906. The molecule has 0 aliphatic heterocycles. The number of nitrogens with zero attached hydrogens (tertiary/aromatic N) is 1. The van der Waals surface area contributed by atoms with Crippen LogP contribution in [-0.4, -0.2) is 80.3 Å². The van der Waals surface area contributed by atoms with Gasteiger partial charge in [-0.05, 0) is 37.1 Å². The lowest BCUT2D eigenvalue weighted by Crippen LogP contribution is -2.58. The standard InChI is InChI=1S/C24H35N7O6S/c25-8-2-1-3-17(26)21(33)29-18(10-15-11-27-13-28-15)22(34)31-20(12-38)23(35)30-19(24(36)37)9-14-4-6-16(32)7-5-14/h4-7,11,13,17-20,32,38H,1-3,8-10,12,25-26H2,(H,27,28)(H,29,33)(H,30,35)(H,31,34)(H,36,37). The van der Waals surface area contributed by atoms with Gasteiger partial charge in [0.2, 0.25) is 17.7 Å². The molecule has 0 aliphatic rings. The molecule has 2 rings (SSSR count). The van der Waals surface area contributed by atoms with Crippen molar-refractivity contribution in [3.05, 3.63) is 48.0 Å². The third-order valence-electron chi connectivity index (χ3n) is 5.72. The normalized spacial score (nSPS) is 14.1. The number of thiol groups is 1. The summed E-state index contributed by atoms with van der Waals surface area (Å²) in [6, 6.07) is 1.48. The lowest BCUT2D eigenvalue weighted by molar-refractivity contribution is -0.142. The molecule has 0 saturated carbocycles. The molecule has 0 spiro atoms. The lowest BCUT2D eigenvalue weighted by Gasteiger charge is -2.24. The first-order chi connectivity index (χ1) is 18.1. The first kappa shape index (κ1) is 30.6. The number of aliphatic carboxylic acids is 1. The van der Waals surface area contributed by atoms with E-state index in [9.17, 15) is 29.4 Å². The lowest BCUT2D eigenvalue weighted by atomic mass is 10.1. The number of carboxylic acids is 1. The van der Waals surface area contributed by atoms with Crippen LogP contribution in [0, 0.1) is 0 Å². The van der Waals surface area contributed by atoms with Gasteiger partial charge in [-0.15, -0.1) is 0 Å². The Labute approximate surface area is 225 Å². The number of phenolic OH excluding ortho intramolecular Hbond substituents is 1. The fourth-order valence-corrected chi connectivity index (χ4v) is 3.81. The van der Waals surface area contributed by atoms with E-state index in [1.165, 1.54) is 24.7 Å². The minimum atomic E-state index is -1.29. The molecule has 38 heavy (non-hydrogen) atoms. The number of imidazole rings is 1. The van der Waals surface area contributed by atoms with Crippen molar-refractivity contribution in [1.29, 1.82) is 0 Å². The van der Waals surface area contributed by atoms with E-state index in [1.54, 1.807) is 12.1 Å². The minimum absolute atomic E-state index is 0.0239. The Morgan fingerprint density at radius 2 is 1.58 bits per heavy atom. The van der Waals surface area contributed by atoms with Crippen molar-refractivity contribution in [2.45, 2.75) is 56.3 Å². The van der Waals surface area contributed by atoms with E-state index in [0.717, 1.165) is 0 Å². The predicted molar refractivity (Wildman–Crippen MR) is 142 cm³/mol. The second-order valence-electron chi connectivity index (χ2n) is 8.75. The molecule has 13 nitrogen and oxygen atoms in total. The summed E-state index contributed by atoms with van der Waals surface area (Å²) in [6.45, 7) is 0.476. The highest BCUT2D eigenvalue weighted by atomic mass is 32.1. The molecule has 4 atom stereocenters. The van der Waals surface area contributed by atoms with Gasteiger partial charge in [-0.1, -0.05) is 18.6 Å². The number of aromatic nitrogens is 2. The molecule has 1 heterocycles. The van der Waals surface area contributed by atoms with Crippen molar-refractivity contribution in [3.63, 3.8) is 0 Å². The molecule has 1 aromatic heterocycles. The van der Waals surface area contributed by atoms with Gasteiger partial charge in [0.25, 0.3) is 0 Å². The smallest absolute Gasteiger partial charge is 0.326 e. The highest BCUT2D eigenvalue weighted by Crippen LogP contribution is 2.12. The average Bonchev–Trinajstić information content (AvgIpc) is 3.40. The van der Waals surface area contributed by atoms with E-state index < -0.39 is 47.9 Å². The number of carbonyl (C=O) groups is 4. The van der Waals surface area contributed by atoms with Crippen LogP contribution in [0.5, 0.6) is 5.75 Å². The molecule has 4 unspecified atom stereocenters. The van der Waals surface area contributed by atoms with Crippen LogP contribution in [0.1, 0.15) is 30.5 Å². The predicted octanol–water partition coefficient (Wildman–Crippen LogP) is -1.17. The van der Waals surface area contributed by atoms with E-state index in [2.05, 4.69) is 38.5 Å². The van der Waals surface area contributed by atoms with E-state index in [1.807, 2.05) is 0 Å². The number of amides is 3. The summed E-state index contributed by atoms with van der Waals surface area (Å²) in [5.74, 6) is -3.36. The van der Waals surface area contributed by atoms with E-state index in [0.29, 0.717) is 37.1 Å². The third-order valence-corrected chi connectivity index (χ3v) is 6.09. The molecule has 0 saturated heterocycles. The zero-order chi connectivity index (χ0) is 28.1. The van der Waals surface area contributed by atoms with Gasteiger partial charge < -0.3 is 42.6 Å². The number of nitrogens with two attached hydrogens (primary N) is 2.